The van der Waals surface area contributed by atoms with Gasteiger partial charge in [-0.25, -0.2) is 14.4 Å². The van der Waals surface area contributed by atoms with Gasteiger partial charge in [-0.3, -0.25) is 4.90 Å². The molecule has 4 aromatic carbocycles. The molecule has 0 unspecified atom stereocenters. The highest BCUT2D eigenvalue weighted by Crippen LogP contribution is 2.27. The Labute approximate surface area is 224 Å². The van der Waals surface area contributed by atoms with Gasteiger partial charge >= 0.3 is 18.0 Å². The molecular weight excluding hydrogens is 500 g/mol. The molecule has 3 N–H and O–H groups in total. The van der Waals surface area contributed by atoms with Gasteiger partial charge in [0.25, 0.3) is 0 Å². The quantitative estimate of drug-likeness (QED) is 0.234. The Morgan fingerprint density at radius 1 is 0.744 bits per heavy atom. The molecule has 9 heteroatoms. The van der Waals surface area contributed by atoms with Gasteiger partial charge < -0.3 is 25.0 Å². The fourth-order valence-corrected chi connectivity index (χ4v) is 3.74. The lowest BCUT2D eigenvalue weighted by Gasteiger charge is -2.24. The van der Waals surface area contributed by atoms with Crippen LogP contribution in [-0.2, 0) is 17.9 Å². The van der Waals surface area contributed by atoms with E-state index in [2.05, 4.69) is 5.32 Å². The molecule has 0 aromatic heterocycles. The lowest BCUT2D eigenvalue weighted by atomic mass is 10.1. The van der Waals surface area contributed by atoms with Crippen LogP contribution in [0.2, 0.25) is 0 Å². The summed E-state index contributed by atoms with van der Waals surface area (Å²) in [5.41, 5.74) is 1.72. The number of nitrogens with one attached hydrogen (secondary N) is 1. The molecule has 0 saturated carbocycles. The van der Waals surface area contributed by atoms with Gasteiger partial charge in [0.2, 0.25) is 0 Å². The molecule has 0 aliphatic rings. The van der Waals surface area contributed by atoms with Crippen molar-refractivity contribution in [3.8, 4) is 17.2 Å². The Balaban J connectivity index is 1.51. The Morgan fingerprint density at radius 3 is 2.03 bits per heavy atom. The first-order chi connectivity index (χ1) is 18.9. The van der Waals surface area contributed by atoms with Crippen molar-refractivity contribution in [2.24, 2.45) is 0 Å². The summed E-state index contributed by atoms with van der Waals surface area (Å²) in [7, 11) is 0. The highest BCUT2D eigenvalue weighted by molar-refractivity contribution is 5.96. The van der Waals surface area contributed by atoms with Crippen molar-refractivity contribution >= 4 is 23.7 Å². The summed E-state index contributed by atoms with van der Waals surface area (Å²) in [5, 5.41) is 21.4. The number of carbonyl (C=O) groups excluding carboxylic acids is 1. The van der Waals surface area contributed by atoms with Crippen LogP contribution in [0.5, 0.6) is 17.2 Å². The Hall–Kier alpha value is -5.31. The first kappa shape index (κ1) is 26.7. The van der Waals surface area contributed by atoms with Gasteiger partial charge in [0.05, 0.1) is 6.54 Å². The third kappa shape index (κ3) is 7.59. The van der Waals surface area contributed by atoms with Crippen LogP contribution < -0.4 is 19.7 Å². The Bertz CT molecular complexity index is 1430. The number of aromatic carboxylic acids is 1. The minimum Gasteiger partial charge on any atom is -0.481 e. The van der Waals surface area contributed by atoms with Gasteiger partial charge in [0.1, 0.15) is 22.8 Å². The number of rotatable bonds is 11. The molecule has 0 fully saturated rings. The molecule has 2 amide bonds. The minimum atomic E-state index is -1.31. The van der Waals surface area contributed by atoms with Crippen molar-refractivity contribution in [3.63, 3.8) is 0 Å². The van der Waals surface area contributed by atoms with Crippen LogP contribution in [0.3, 0.4) is 0 Å². The van der Waals surface area contributed by atoms with Crippen LogP contribution in [0.1, 0.15) is 21.5 Å². The third-order valence-electron chi connectivity index (χ3n) is 5.63. The van der Waals surface area contributed by atoms with E-state index in [0.717, 1.165) is 16.9 Å². The summed E-state index contributed by atoms with van der Waals surface area (Å²) in [6.07, 6.45) is 0. The minimum absolute atomic E-state index is 0.105. The van der Waals surface area contributed by atoms with Crippen molar-refractivity contribution in [1.82, 2.24) is 5.32 Å². The number of ether oxygens (including phenoxy) is 2. The average molecular weight is 527 g/mol. The number of hydrogen-bond acceptors (Lipinski definition) is 5. The Kier molecular flexibility index (Phi) is 8.76. The molecule has 9 nitrogen and oxygen atoms in total. The number of aliphatic carboxylic acids is 1. The maximum atomic E-state index is 13.3. The van der Waals surface area contributed by atoms with Gasteiger partial charge in [-0.05, 0) is 53.6 Å². The van der Waals surface area contributed by atoms with Crippen molar-refractivity contribution in [1.29, 1.82) is 0 Å². The topological polar surface area (TPSA) is 125 Å². The predicted molar refractivity (Wildman–Crippen MR) is 144 cm³/mol. The van der Waals surface area contributed by atoms with E-state index in [9.17, 15) is 19.5 Å². The van der Waals surface area contributed by atoms with Crippen LogP contribution in [0, 0.1) is 0 Å². The number of amides is 2. The normalized spacial score (nSPS) is 10.4. The van der Waals surface area contributed by atoms with Crippen LogP contribution in [-0.4, -0.2) is 34.8 Å². The molecule has 4 aromatic rings. The fraction of sp³-hybridized carbons (Fsp3) is 0.100. The number of benzene rings is 4. The zero-order chi connectivity index (χ0) is 27.6. The molecule has 0 saturated heterocycles. The smallest absolute Gasteiger partial charge is 0.341 e. The van der Waals surface area contributed by atoms with E-state index in [0.29, 0.717) is 11.4 Å². The molecule has 0 heterocycles. The van der Waals surface area contributed by atoms with E-state index < -0.39 is 24.6 Å². The van der Waals surface area contributed by atoms with E-state index in [4.69, 9.17) is 14.6 Å². The van der Waals surface area contributed by atoms with Crippen molar-refractivity contribution < 1.29 is 34.1 Å². The molecule has 0 aliphatic heterocycles. The third-order valence-corrected chi connectivity index (χ3v) is 5.63. The second kappa shape index (κ2) is 12.8. The summed E-state index contributed by atoms with van der Waals surface area (Å²) < 4.78 is 10.9. The van der Waals surface area contributed by atoms with Crippen molar-refractivity contribution in [2.75, 3.05) is 11.5 Å². The summed E-state index contributed by atoms with van der Waals surface area (Å²) in [5.74, 6) is -1.27. The van der Waals surface area contributed by atoms with E-state index >= 15 is 0 Å². The zero-order valence-electron chi connectivity index (χ0n) is 20.8. The zero-order valence-corrected chi connectivity index (χ0v) is 20.8. The number of nitrogens with zero attached hydrogens (tertiary/aromatic N) is 1. The molecule has 0 spiro atoms. The summed E-state index contributed by atoms with van der Waals surface area (Å²) in [4.78, 5) is 37.5. The fourth-order valence-electron chi connectivity index (χ4n) is 3.74. The SMILES string of the molecule is O=C(O)COc1ccc(N(Cc2ccccc2)C(=O)NCc2ccc(Oc3ccccc3)cc2)cc1C(=O)O. The van der Waals surface area contributed by atoms with Gasteiger partial charge in [-0.2, -0.15) is 0 Å². The van der Waals surface area contributed by atoms with E-state index in [1.54, 1.807) is 0 Å². The van der Waals surface area contributed by atoms with E-state index in [-0.39, 0.29) is 24.4 Å². The first-order valence-electron chi connectivity index (χ1n) is 12.0. The van der Waals surface area contributed by atoms with Crippen LogP contribution in [0.15, 0.2) is 103 Å². The number of carbonyl (C=O) groups is 3. The van der Waals surface area contributed by atoms with Gasteiger partial charge in [-0.15, -0.1) is 0 Å². The van der Waals surface area contributed by atoms with Crippen molar-refractivity contribution in [3.05, 3.63) is 120 Å². The van der Waals surface area contributed by atoms with E-state index in [1.165, 1.54) is 23.1 Å². The van der Waals surface area contributed by atoms with Gasteiger partial charge in [0.15, 0.2) is 6.61 Å². The standard InChI is InChI=1S/C30H26N2O7/c33-28(34)20-38-27-16-13-23(17-26(27)29(35)36)32(19-22-7-3-1-4-8-22)30(37)31-18-21-11-14-25(15-12-21)39-24-9-5-2-6-10-24/h1-17H,18-20H2,(H,31,37)(H,33,34)(H,35,36). The predicted octanol–water partition coefficient (Wildman–Crippen LogP) is 5.56. The molecule has 39 heavy (non-hydrogen) atoms. The summed E-state index contributed by atoms with van der Waals surface area (Å²) in [6, 6.07) is 29.7. The molecule has 4 rings (SSSR count). The molecule has 198 valence electrons. The van der Waals surface area contributed by atoms with Crippen LogP contribution >= 0.6 is 0 Å². The summed E-state index contributed by atoms with van der Waals surface area (Å²) >= 11 is 0. The second-order valence-corrected chi connectivity index (χ2v) is 8.46. The largest absolute Gasteiger partial charge is 0.481 e. The number of anilines is 1. The molecule has 0 bridgehead atoms. The maximum absolute atomic E-state index is 13.3. The molecule has 0 atom stereocenters. The van der Waals surface area contributed by atoms with Crippen LogP contribution in [0.4, 0.5) is 10.5 Å². The maximum Gasteiger partial charge on any atom is 0.341 e. The lowest BCUT2D eigenvalue weighted by molar-refractivity contribution is -0.139. The Morgan fingerprint density at radius 2 is 1.38 bits per heavy atom. The number of para-hydroxylation sites is 1. The highest BCUT2D eigenvalue weighted by Gasteiger charge is 2.21. The van der Waals surface area contributed by atoms with Gasteiger partial charge in [-0.1, -0.05) is 60.7 Å². The molecular formula is C30H26N2O7. The highest BCUT2D eigenvalue weighted by atomic mass is 16.5. The number of carboxylic acids is 2. The van der Waals surface area contributed by atoms with Crippen molar-refractivity contribution in [2.45, 2.75) is 13.1 Å². The second-order valence-electron chi connectivity index (χ2n) is 8.46. The molecule has 0 aliphatic carbocycles. The lowest BCUT2D eigenvalue weighted by Crippen LogP contribution is -2.39. The molecule has 0 radical (unpaired) electrons. The van der Waals surface area contributed by atoms with Gasteiger partial charge in [0, 0.05) is 12.2 Å². The number of hydrogen-bond donors (Lipinski definition) is 3. The first-order valence-corrected chi connectivity index (χ1v) is 12.0. The average Bonchev–Trinajstić information content (AvgIpc) is 2.95. The van der Waals surface area contributed by atoms with E-state index in [1.807, 2.05) is 84.9 Å². The van der Waals surface area contributed by atoms with Crippen LogP contribution in [0.25, 0.3) is 0 Å². The number of carboxylic acid groups (broad SMARTS) is 2. The summed E-state index contributed by atoms with van der Waals surface area (Å²) in [6.45, 7) is -0.296. The number of urea groups is 1. The monoisotopic (exact) mass is 526 g/mol.